The van der Waals surface area contributed by atoms with Gasteiger partial charge < -0.3 is 14.8 Å². The molecule has 0 aliphatic heterocycles. The first-order valence-corrected chi connectivity index (χ1v) is 10.3. The van der Waals surface area contributed by atoms with Crippen LogP contribution in [0.4, 0.5) is 24.5 Å². The molecule has 164 valence electrons. The molecule has 0 unspecified atom stereocenters. The maximum Gasteiger partial charge on any atom is 0.418 e. The summed E-state index contributed by atoms with van der Waals surface area (Å²) in [4.78, 5) is 12.9. The van der Waals surface area contributed by atoms with E-state index in [9.17, 15) is 26.4 Å². The summed E-state index contributed by atoms with van der Waals surface area (Å²) in [5, 5.41) is 2.21. The van der Waals surface area contributed by atoms with Gasteiger partial charge in [0.05, 0.1) is 42.5 Å². The van der Waals surface area contributed by atoms with Gasteiger partial charge in [0.2, 0.25) is 10.0 Å². The molecule has 0 spiro atoms. The van der Waals surface area contributed by atoms with Gasteiger partial charge in [-0.25, -0.2) is 8.42 Å². The molecule has 7 nitrogen and oxygen atoms in total. The molecule has 0 radical (unpaired) electrons. The van der Waals surface area contributed by atoms with Crippen molar-refractivity contribution in [1.29, 1.82) is 0 Å². The summed E-state index contributed by atoms with van der Waals surface area (Å²) in [6, 6.07) is 6.96. The summed E-state index contributed by atoms with van der Waals surface area (Å²) < 4.78 is 75.6. The second-order valence-electron chi connectivity index (χ2n) is 6.09. The van der Waals surface area contributed by atoms with Crippen LogP contribution in [0.2, 0.25) is 0 Å². The van der Waals surface area contributed by atoms with E-state index in [1.165, 1.54) is 52.5 Å². The van der Waals surface area contributed by atoms with Gasteiger partial charge in [-0.15, -0.1) is 0 Å². The Morgan fingerprint density at radius 3 is 2.20 bits per heavy atom. The monoisotopic (exact) mass is 446 g/mol. The van der Waals surface area contributed by atoms with Crippen molar-refractivity contribution in [2.75, 3.05) is 36.6 Å². The Labute approximate surface area is 172 Å². The van der Waals surface area contributed by atoms with E-state index in [0.29, 0.717) is 0 Å². The van der Waals surface area contributed by atoms with Crippen LogP contribution in [0.5, 0.6) is 11.5 Å². The van der Waals surface area contributed by atoms with Crippen molar-refractivity contribution < 1.29 is 35.9 Å². The van der Waals surface area contributed by atoms with Crippen LogP contribution in [-0.2, 0) is 16.2 Å². The molecule has 0 saturated carbocycles. The fraction of sp³-hybridized carbons (Fsp3) is 0.316. The lowest BCUT2D eigenvalue weighted by Crippen LogP contribution is -2.30. The lowest BCUT2D eigenvalue weighted by Gasteiger charge is -2.23. The summed E-state index contributed by atoms with van der Waals surface area (Å²) in [6.45, 7) is 1.42. The average molecular weight is 446 g/mol. The SMILES string of the molecule is CCS(=O)(=O)N(C)c1cc(OC)c(OC)cc1C(=O)Nc1ccccc1C(F)(F)F. The van der Waals surface area contributed by atoms with Gasteiger partial charge in [0.25, 0.3) is 5.91 Å². The number of carbonyl (C=O) groups is 1. The lowest BCUT2D eigenvalue weighted by molar-refractivity contribution is -0.136. The molecule has 0 saturated heterocycles. The number of para-hydroxylation sites is 1. The Morgan fingerprint density at radius 2 is 1.67 bits per heavy atom. The molecular weight excluding hydrogens is 425 g/mol. The van der Waals surface area contributed by atoms with Crippen molar-refractivity contribution in [2.24, 2.45) is 0 Å². The van der Waals surface area contributed by atoms with Crippen molar-refractivity contribution in [1.82, 2.24) is 0 Å². The van der Waals surface area contributed by atoms with E-state index in [0.717, 1.165) is 16.4 Å². The van der Waals surface area contributed by atoms with E-state index < -0.39 is 33.4 Å². The Bertz CT molecular complexity index is 1040. The van der Waals surface area contributed by atoms with E-state index in [2.05, 4.69) is 5.32 Å². The van der Waals surface area contributed by atoms with Crippen molar-refractivity contribution >= 4 is 27.3 Å². The number of carbonyl (C=O) groups excluding carboxylic acids is 1. The van der Waals surface area contributed by atoms with E-state index in [1.807, 2.05) is 0 Å². The molecule has 1 amide bonds. The summed E-state index contributed by atoms with van der Waals surface area (Å²) in [6.07, 6.45) is -4.69. The number of halogens is 3. The van der Waals surface area contributed by atoms with Crippen molar-refractivity contribution in [3.63, 3.8) is 0 Å². The molecule has 0 aliphatic carbocycles. The number of nitrogens with zero attached hydrogens (tertiary/aromatic N) is 1. The largest absolute Gasteiger partial charge is 0.493 e. The standard InChI is InChI=1S/C19H21F3N2O5S/c1-5-30(26,27)24(2)15-11-17(29-4)16(28-3)10-12(15)18(25)23-14-9-7-6-8-13(14)19(20,21)22/h6-11H,5H2,1-4H3,(H,23,25). The Balaban J connectivity index is 2.61. The van der Waals surface area contributed by atoms with Crippen LogP contribution in [0, 0.1) is 0 Å². The van der Waals surface area contributed by atoms with Crippen LogP contribution in [0.3, 0.4) is 0 Å². The van der Waals surface area contributed by atoms with Crippen LogP contribution < -0.4 is 19.1 Å². The Morgan fingerprint density at radius 1 is 1.10 bits per heavy atom. The fourth-order valence-corrected chi connectivity index (χ4v) is 3.52. The molecule has 0 atom stereocenters. The summed E-state index contributed by atoms with van der Waals surface area (Å²) in [5.41, 5.74) is -1.77. The molecule has 1 N–H and O–H groups in total. The minimum absolute atomic E-state index is 0.0727. The van der Waals surface area contributed by atoms with Gasteiger partial charge in [-0.2, -0.15) is 13.2 Å². The quantitative estimate of drug-likeness (QED) is 0.700. The van der Waals surface area contributed by atoms with Crippen molar-refractivity contribution in [2.45, 2.75) is 13.1 Å². The highest BCUT2D eigenvalue weighted by atomic mass is 32.2. The first kappa shape index (κ1) is 23.3. The van der Waals surface area contributed by atoms with Gasteiger partial charge in [0.15, 0.2) is 11.5 Å². The molecule has 0 aromatic heterocycles. The fourth-order valence-electron chi connectivity index (χ4n) is 2.68. The highest BCUT2D eigenvalue weighted by Gasteiger charge is 2.34. The van der Waals surface area contributed by atoms with Gasteiger partial charge in [0.1, 0.15) is 0 Å². The minimum Gasteiger partial charge on any atom is -0.493 e. The third-order valence-corrected chi connectivity index (χ3v) is 6.11. The zero-order valence-corrected chi connectivity index (χ0v) is 17.5. The van der Waals surface area contributed by atoms with E-state index in [4.69, 9.17) is 9.47 Å². The predicted molar refractivity (Wildman–Crippen MR) is 107 cm³/mol. The van der Waals surface area contributed by atoms with Crippen LogP contribution in [0.15, 0.2) is 36.4 Å². The molecule has 0 fully saturated rings. The smallest absolute Gasteiger partial charge is 0.418 e. The second kappa shape index (κ2) is 8.82. The van der Waals surface area contributed by atoms with Gasteiger partial charge in [-0.3, -0.25) is 9.10 Å². The first-order chi connectivity index (χ1) is 14.0. The lowest BCUT2D eigenvalue weighted by atomic mass is 10.1. The maximum atomic E-state index is 13.3. The highest BCUT2D eigenvalue weighted by molar-refractivity contribution is 7.92. The number of methoxy groups -OCH3 is 2. The number of sulfonamides is 1. The Hall–Kier alpha value is -2.95. The van der Waals surface area contributed by atoms with Crippen LogP contribution in [0.1, 0.15) is 22.8 Å². The number of alkyl halides is 3. The normalized spacial score (nSPS) is 11.7. The number of benzene rings is 2. The third-order valence-electron chi connectivity index (χ3n) is 4.35. The van der Waals surface area contributed by atoms with Crippen LogP contribution in [0.25, 0.3) is 0 Å². The number of nitrogens with one attached hydrogen (secondary N) is 1. The average Bonchev–Trinajstić information content (AvgIpc) is 2.71. The zero-order chi connectivity index (χ0) is 22.7. The number of ether oxygens (including phenoxy) is 2. The molecule has 0 bridgehead atoms. The molecule has 2 aromatic rings. The number of hydrogen-bond donors (Lipinski definition) is 1. The van der Waals surface area contributed by atoms with Gasteiger partial charge in [0, 0.05) is 13.1 Å². The number of hydrogen-bond acceptors (Lipinski definition) is 5. The minimum atomic E-state index is -4.69. The van der Waals surface area contributed by atoms with E-state index in [-0.39, 0.29) is 28.5 Å². The number of rotatable bonds is 7. The molecule has 30 heavy (non-hydrogen) atoms. The Kier molecular flexibility index (Phi) is 6.86. The second-order valence-corrected chi connectivity index (χ2v) is 8.38. The van der Waals surface area contributed by atoms with Gasteiger partial charge in [-0.1, -0.05) is 12.1 Å². The number of amides is 1. The van der Waals surface area contributed by atoms with Gasteiger partial charge in [-0.05, 0) is 25.1 Å². The summed E-state index contributed by atoms with van der Waals surface area (Å²) in [7, 11) is 0.0963. The topological polar surface area (TPSA) is 84.9 Å². The molecule has 0 aliphatic rings. The van der Waals surface area contributed by atoms with E-state index in [1.54, 1.807) is 0 Å². The highest BCUT2D eigenvalue weighted by Crippen LogP contribution is 2.38. The molecular formula is C19H21F3N2O5S. The molecule has 2 rings (SSSR count). The van der Waals surface area contributed by atoms with Crippen LogP contribution in [-0.4, -0.2) is 41.3 Å². The molecule has 0 heterocycles. The summed E-state index contributed by atoms with van der Waals surface area (Å²) in [5.74, 6) is -0.938. The van der Waals surface area contributed by atoms with Crippen molar-refractivity contribution in [3.05, 3.63) is 47.5 Å². The maximum absolute atomic E-state index is 13.3. The van der Waals surface area contributed by atoms with E-state index >= 15 is 0 Å². The molecule has 11 heteroatoms. The predicted octanol–water partition coefficient (Wildman–Crippen LogP) is 3.76. The number of anilines is 2. The van der Waals surface area contributed by atoms with Gasteiger partial charge >= 0.3 is 6.18 Å². The molecule has 2 aromatic carbocycles. The third kappa shape index (κ3) is 4.78. The first-order valence-electron chi connectivity index (χ1n) is 8.66. The summed E-state index contributed by atoms with van der Waals surface area (Å²) >= 11 is 0. The van der Waals surface area contributed by atoms with Crippen LogP contribution >= 0.6 is 0 Å². The zero-order valence-electron chi connectivity index (χ0n) is 16.7. The van der Waals surface area contributed by atoms with Crippen molar-refractivity contribution in [3.8, 4) is 11.5 Å².